The van der Waals surface area contributed by atoms with Gasteiger partial charge >= 0.3 is 0 Å². The number of halogens is 3. The molecular weight excluding hydrogens is 518 g/mol. The fourth-order valence-electron chi connectivity index (χ4n) is 3.90. The lowest BCUT2D eigenvalue weighted by Crippen LogP contribution is -1.98. The average molecular weight is 552 g/mol. The third-order valence-electron chi connectivity index (χ3n) is 6.20. The predicted octanol–water partition coefficient (Wildman–Crippen LogP) is 9.85. The molecule has 0 fully saturated rings. The van der Waals surface area contributed by atoms with E-state index in [1.807, 2.05) is 55.5 Å². The zero-order valence-electron chi connectivity index (χ0n) is 21.2. The van der Waals surface area contributed by atoms with Crippen LogP contribution in [0.4, 0.5) is 8.78 Å². The van der Waals surface area contributed by atoms with E-state index in [2.05, 4.69) is 41.1 Å². The molecule has 3 aromatic carbocycles. The first-order chi connectivity index (χ1) is 17.4. The second-order valence-electron chi connectivity index (χ2n) is 8.79. The molecule has 0 aromatic heterocycles. The maximum atomic E-state index is 14.3. The first-order valence-corrected chi connectivity index (χ1v) is 13.1. The second kappa shape index (κ2) is 13.9. The van der Waals surface area contributed by atoms with Crippen molar-refractivity contribution in [3.8, 4) is 5.75 Å². The monoisotopic (exact) mass is 550 g/mol. The summed E-state index contributed by atoms with van der Waals surface area (Å²) >= 11 is 3.38. The molecule has 0 aliphatic heterocycles. The van der Waals surface area contributed by atoms with Crippen molar-refractivity contribution in [2.45, 2.75) is 53.1 Å². The second-order valence-corrected chi connectivity index (χ2v) is 9.65. The van der Waals surface area contributed by atoms with Crippen LogP contribution in [0.15, 0.2) is 88.9 Å². The summed E-state index contributed by atoms with van der Waals surface area (Å²) in [5, 5.41) is 0. The Labute approximate surface area is 222 Å². The highest BCUT2D eigenvalue weighted by Crippen LogP contribution is 2.27. The SMILES string of the molecule is CCC1=CC=CCC1.Cc1c(F)cc(Br)c(C)c1/C=C\Cc1ccc(OCc2ccccc2)c(F)c1. The quantitative estimate of drug-likeness (QED) is 0.284. The van der Waals surface area contributed by atoms with Gasteiger partial charge in [0.1, 0.15) is 12.4 Å². The number of hydrogen-bond acceptors (Lipinski definition) is 1. The summed E-state index contributed by atoms with van der Waals surface area (Å²) in [4.78, 5) is 0. The Morgan fingerprint density at radius 3 is 2.36 bits per heavy atom. The fraction of sp³-hybridized carbons (Fsp3) is 0.250. The molecule has 188 valence electrons. The van der Waals surface area contributed by atoms with Gasteiger partial charge in [0.2, 0.25) is 0 Å². The molecule has 3 aromatic rings. The van der Waals surface area contributed by atoms with Gasteiger partial charge in [0, 0.05) is 4.47 Å². The highest BCUT2D eigenvalue weighted by Gasteiger charge is 2.09. The van der Waals surface area contributed by atoms with E-state index in [1.54, 1.807) is 18.6 Å². The molecule has 0 atom stereocenters. The molecule has 1 aliphatic carbocycles. The summed E-state index contributed by atoms with van der Waals surface area (Å²) < 4.78 is 34.6. The van der Waals surface area contributed by atoms with Gasteiger partial charge in [-0.05, 0) is 85.5 Å². The van der Waals surface area contributed by atoms with E-state index >= 15 is 0 Å². The third-order valence-corrected chi connectivity index (χ3v) is 7.03. The van der Waals surface area contributed by atoms with Gasteiger partial charge in [-0.2, -0.15) is 0 Å². The minimum absolute atomic E-state index is 0.234. The Morgan fingerprint density at radius 1 is 0.944 bits per heavy atom. The van der Waals surface area contributed by atoms with Crippen LogP contribution in [0.25, 0.3) is 6.08 Å². The summed E-state index contributed by atoms with van der Waals surface area (Å²) in [6.07, 6.45) is 14.7. The summed E-state index contributed by atoms with van der Waals surface area (Å²) in [7, 11) is 0. The topological polar surface area (TPSA) is 9.23 Å². The van der Waals surface area contributed by atoms with E-state index in [9.17, 15) is 8.78 Å². The Balaban J connectivity index is 0.000000383. The van der Waals surface area contributed by atoms with Gasteiger partial charge in [-0.1, -0.05) is 95.2 Å². The molecule has 0 spiro atoms. The first kappa shape index (κ1) is 27.6. The Bertz CT molecular complexity index is 1220. The lowest BCUT2D eigenvalue weighted by molar-refractivity contribution is 0.290. The van der Waals surface area contributed by atoms with Crippen molar-refractivity contribution in [3.63, 3.8) is 0 Å². The molecule has 0 N–H and O–H groups in total. The lowest BCUT2D eigenvalue weighted by Gasteiger charge is -2.10. The molecule has 1 nitrogen and oxygen atoms in total. The van der Waals surface area contributed by atoms with Gasteiger partial charge in [-0.25, -0.2) is 8.78 Å². The predicted molar refractivity (Wildman–Crippen MR) is 150 cm³/mol. The number of benzene rings is 3. The van der Waals surface area contributed by atoms with E-state index in [1.165, 1.54) is 31.4 Å². The van der Waals surface area contributed by atoms with Crippen LogP contribution in [0.3, 0.4) is 0 Å². The highest BCUT2D eigenvalue weighted by atomic mass is 79.9. The normalized spacial score (nSPS) is 12.8. The molecule has 0 saturated carbocycles. The summed E-state index contributed by atoms with van der Waals surface area (Å²) in [6.45, 7) is 6.23. The molecular formula is C32H33BrF2O. The Hall–Kier alpha value is -2.98. The Morgan fingerprint density at radius 2 is 1.72 bits per heavy atom. The molecule has 0 radical (unpaired) electrons. The maximum absolute atomic E-state index is 14.3. The summed E-state index contributed by atoms with van der Waals surface area (Å²) in [6, 6.07) is 16.1. The van der Waals surface area contributed by atoms with Crippen LogP contribution in [0, 0.1) is 25.5 Å². The van der Waals surface area contributed by atoms with Crippen LogP contribution in [0.1, 0.15) is 54.0 Å². The summed E-state index contributed by atoms with van der Waals surface area (Å²) in [5.74, 6) is -0.400. The molecule has 0 unspecified atom stereocenters. The standard InChI is InChI=1S/C24H21BrF2O.C8H12/c1-16-20(17(2)22(26)14-21(16)25)10-6-9-18-11-12-24(23(27)13-18)28-15-19-7-4-3-5-8-19;1-2-8-6-4-3-5-7-8/h3-8,10-14H,9,15H2,1-2H3;3-4,6H,2,5,7H2,1H3/b10-6-;. The van der Waals surface area contributed by atoms with Gasteiger partial charge in [-0.3, -0.25) is 0 Å². The van der Waals surface area contributed by atoms with Crippen LogP contribution >= 0.6 is 15.9 Å². The smallest absolute Gasteiger partial charge is 0.165 e. The van der Waals surface area contributed by atoms with Gasteiger partial charge in [0.15, 0.2) is 11.6 Å². The van der Waals surface area contributed by atoms with Gasteiger partial charge < -0.3 is 4.74 Å². The molecule has 4 heteroatoms. The molecule has 1 aliphatic rings. The average Bonchev–Trinajstić information content (AvgIpc) is 2.90. The number of allylic oxidation sites excluding steroid dienone is 5. The Kier molecular flexibility index (Phi) is 10.7. The van der Waals surface area contributed by atoms with Gasteiger partial charge in [0.25, 0.3) is 0 Å². The van der Waals surface area contributed by atoms with Crippen LogP contribution in [-0.4, -0.2) is 0 Å². The molecule has 0 bridgehead atoms. The van der Waals surface area contributed by atoms with E-state index < -0.39 is 0 Å². The molecule has 36 heavy (non-hydrogen) atoms. The molecule has 0 saturated heterocycles. The fourth-order valence-corrected chi connectivity index (χ4v) is 4.31. The number of rotatable bonds is 7. The van der Waals surface area contributed by atoms with Crippen molar-refractivity contribution >= 4 is 22.0 Å². The highest BCUT2D eigenvalue weighted by molar-refractivity contribution is 9.10. The maximum Gasteiger partial charge on any atom is 0.165 e. The van der Waals surface area contributed by atoms with Crippen molar-refractivity contribution < 1.29 is 13.5 Å². The van der Waals surface area contributed by atoms with Crippen molar-refractivity contribution in [3.05, 3.63) is 128 Å². The molecule has 4 rings (SSSR count). The minimum Gasteiger partial charge on any atom is -0.486 e. The van der Waals surface area contributed by atoms with E-state index in [-0.39, 0.29) is 17.4 Å². The van der Waals surface area contributed by atoms with Crippen LogP contribution in [-0.2, 0) is 13.0 Å². The van der Waals surface area contributed by atoms with E-state index in [0.29, 0.717) is 18.6 Å². The van der Waals surface area contributed by atoms with Crippen LogP contribution in [0.5, 0.6) is 5.75 Å². The van der Waals surface area contributed by atoms with Crippen molar-refractivity contribution in [2.24, 2.45) is 0 Å². The van der Waals surface area contributed by atoms with Crippen LogP contribution in [0.2, 0.25) is 0 Å². The van der Waals surface area contributed by atoms with Gasteiger partial charge in [0.05, 0.1) is 0 Å². The summed E-state index contributed by atoms with van der Waals surface area (Å²) in [5.41, 5.74) is 5.83. The van der Waals surface area contributed by atoms with Crippen molar-refractivity contribution in [2.75, 3.05) is 0 Å². The van der Waals surface area contributed by atoms with E-state index in [0.717, 1.165) is 26.7 Å². The first-order valence-electron chi connectivity index (χ1n) is 12.3. The van der Waals surface area contributed by atoms with Crippen molar-refractivity contribution in [1.29, 1.82) is 0 Å². The van der Waals surface area contributed by atoms with Crippen molar-refractivity contribution in [1.82, 2.24) is 0 Å². The number of hydrogen-bond donors (Lipinski definition) is 0. The lowest BCUT2D eigenvalue weighted by atomic mass is 10.0. The third kappa shape index (κ3) is 8.03. The zero-order chi connectivity index (χ0) is 25.9. The van der Waals surface area contributed by atoms with E-state index in [4.69, 9.17) is 4.74 Å². The van der Waals surface area contributed by atoms with Crippen LogP contribution < -0.4 is 4.74 Å². The number of ether oxygens (including phenoxy) is 1. The largest absolute Gasteiger partial charge is 0.486 e. The molecule has 0 amide bonds. The van der Waals surface area contributed by atoms with Gasteiger partial charge in [-0.15, -0.1) is 0 Å². The minimum atomic E-state index is -0.386. The molecule has 0 heterocycles. The zero-order valence-corrected chi connectivity index (χ0v) is 22.7.